The monoisotopic (exact) mass is 1620 g/mol. The zero-order valence-electron chi connectivity index (χ0n) is 59.2. The Labute approximate surface area is 598 Å². The molecule has 22 heteroatoms. The summed E-state index contributed by atoms with van der Waals surface area (Å²) in [5, 5.41) is 15.9. The van der Waals surface area contributed by atoms with Crippen LogP contribution in [0.4, 0.5) is 69.7 Å². The van der Waals surface area contributed by atoms with Crippen molar-refractivity contribution < 1.29 is 94.3 Å². The fourth-order valence-electron chi connectivity index (χ4n) is 13.1. The second kappa shape index (κ2) is 39.0. The topological polar surface area (TPSA) is 59.3 Å². The predicted molar refractivity (Wildman–Crippen MR) is 380 cm³/mol. The molecule has 5 aromatic carbocycles. The molecule has 1 heterocycles. The van der Waals surface area contributed by atoms with Gasteiger partial charge in [0.15, 0.2) is 0 Å². The summed E-state index contributed by atoms with van der Waals surface area (Å²) in [5.74, 6) is 1.02. The van der Waals surface area contributed by atoms with Crippen LogP contribution in [0, 0.1) is 48.2 Å². The molecule has 552 valence electrons. The van der Waals surface area contributed by atoms with Gasteiger partial charge in [-0.3, -0.25) is 0 Å². The van der Waals surface area contributed by atoms with Gasteiger partial charge in [-0.25, -0.2) is 0 Å². The van der Waals surface area contributed by atoms with E-state index in [0.717, 1.165) is 18.7 Å². The van der Waals surface area contributed by atoms with E-state index in [1.807, 2.05) is 34.9 Å². The molecule has 0 amide bonds. The molecule has 0 aromatic heterocycles. The summed E-state index contributed by atoms with van der Waals surface area (Å²) in [4.78, 5) is 4.81. The SMILES string of the molecule is C1CCC([PH+](C2CCCCC2)C2CCCCC2)CC1.CC(C)c1cccc(C(C)C)c1[N]=[Mo]=[CH]C(C)(C)c1ccccc1.CC(O)(C(F)(F)F)C(F)(F)F.CC(O)(C(F)(F)F)C(F)(F)F.Cc1cc(C)c(N2[CH-]N(c3c(C)cc(C)cc3C)CC2)c(C)c1.[Cl][Ru]([Cl])=[CH]c1ccccc1. The van der Waals surface area contributed by atoms with Gasteiger partial charge in [0, 0.05) is 32.4 Å². The molecule has 0 atom stereocenters. The molecule has 1 saturated heterocycles. The van der Waals surface area contributed by atoms with E-state index in [4.69, 9.17) is 33.1 Å². The molecular formula is C76H104Cl2F12MoN3O2PRu. The minimum absolute atomic E-state index is 0.0465. The molecule has 1 aliphatic heterocycles. The Hall–Kier alpha value is -3.36. The fourth-order valence-corrected chi connectivity index (χ4v) is 22.0. The summed E-state index contributed by atoms with van der Waals surface area (Å²) < 4.78 is 146. The standard InChI is InChI=1S/C21H27N2.C18H33P.C12H17N.C10H12.C7H6.2C4H4F6O.2ClH.Mo.Ru/c1-14-9-16(3)20(17(4)10-14)22-7-8-23(13-22)21-18(5)11-15(2)12-19(21)6;1-4-10-16(11-5-1)19(17-12-6-2-7-13-17)18-14-8-3-9-15-18;1-8(2)10-6-5-7-11(9(3)4)12(10)13;1-10(2,3)9-7-5-4-6-8-9;1-7-5-3-2-4-6-7;2*1-2(11,3(5,6)7)4(8,9)10;;;;/h9-13H,7-8H2,1-6H3;16-18H,1-15H2;5-9H,1-4H3;1,4-8H,2-3H3;1-6H;2*11H,1H3;2*1H;;/q-1;;;;;;;;;;+2/p-1. The van der Waals surface area contributed by atoms with Gasteiger partial charge in [-0.15, -0.1) is 0 Å². The summed E-state index contributed by atoms with van der Waals surface area (Å²) in [7, 11) is 11.3. The molecule has 0 radical (unpaired) electrons. The van der Waals surface area contributed by atoms with Crippen LogP contribution in [0.25, 0.3) is 0 Å². The first kappa shape index (κ1) is 87.0. The molecule has 0 spiro atoms. The average Bonchev–Trinajstić information content (AvgIpc) is 1.31. The van der Waals surface area contributed by atoms with Crippen LogP contribution >= 0.6 is 27.3 Å². The van der Waals surface area contributed by atoms with Crippen LogP contribution in [-0.2, 0) is 36.9 Å². The Bertz CT molecular complexity index is 3090. The van der Waals surface area contributed by atoms with Crippen molar-refractivity contribution in [3.8, 4) is 0 Å². The van der Waals surface area contributed by atoms with Crippen molar-refractivity contribution >= 4 is 53.4 Å². The van der Waals surface area contributed by atoms with Gasteiger partial charge < -0.3 is 20.0 Å². The number of halogens is 14. The van der Waals surface area contributed by atoms with Crippen LogP contribution < -0.4 is 9.80 Å². The second-order valence-electron chi connectivity index (χ2n) is 27.9. The first-order chi connectivity index (χ1) is 45.4. The third-order valence-electron chi connectivity index (χ3n) is 18.5. The van der Waals surface area contributed by atoms with Crippen LogP contribution in [0.15, 0.2) is 107 Å². The third kappa shape index (κ3) is 26.1. The van der Waals surface area contributed by atoms with Gasteiger partial charge in [0.05, 0.1) is 17.0 Å². The number of rotatable bonds is 11. The van der Waals surface area contributed by atoms with Gasteiger partial charge in [-0.05, 0) is 155 Å². The van der Waals surface area contributed by atoms with E-state index in [1.165, 1.54) is 84.1 Å². The number of hydrogen-bond acceptors (Lipinski definition) is 5. The van der Waals surface area contributed by atoms with E-state index < -0.39 is 67.3 Å². The van der Waals surface area contributed by atoms with Gasteiger partial charge in [0.25, 0.3) is 11.2 Å². The quantitative estimate of drug-likeness (QED) is 0.0599. The first-order valence-corrected chi connectivity index (χ1v) is 43.1. The number of aliphatic hydroxyl groups is 2. The van der Waals surface area contributed by atoms with E-state index >= 15 is 0 Å². The molecule has 0 bridgehead atoms. The van der Waals surface area contributed by atoms with Crippen LogP contribution in [0.1, 0.15) is 219 Å². The molecule has 4 fully saturated rings. The van der Waals surface area contributed by atoms with E-state index in [-0.39, 0.29) is 27.2 Å². The number of anilines is 2. The van der Waals surface area contributed by atoms with E-state index in [9.17, 15) is 52.7 Å². The third-order valence-corrected chi connectivity index (χ3v) is 27.3. The Morgan fingerprint density at radius 1 is 0.500 bits per heavy atom. The normalized spacial score (nSPS) is 16.4. The molecule has 98 heavy (non-hydrogen) atoms. The predicted octanol–water partition coefficient (Wildman–Crippen LogP) is 24.3. The van der Waals surface area contributed by atoms with Crippen molar-refractivity contribution in [2.24, 2.45) is 3.50 Å². The number of benzene rings is 5. The van der Waals surface area contributed by atoms with Crippen LogP contribution in [0.5, 0.6) is 0 Å². The summed E-state index contributed by atoms with van der Waals surface area (Å²) in [6.45, 7) is 30.5. The Balaban J connectivity index is 0.000000259. The summed E-state index contributed by atoms with van der Waals surface area (Å²) in [6.07, 6.45) is 1.04. The zero-order valence-corrected chi connectivity index (χ0v) is 65.5. The molecule has 5 aromatic rings. The maximum absolute atomic E-state index is 11.4. The van der Waals surface area contributed by atoms with Gasteiger partial charge >= 0.3 is 254 Å². The summed E-state index contributed by atoms with van der Waals surface area (Å²) in [6, 6.07) is 36.4. The Morgan fingerprint density at radius 3 is 1.10 bits per heavy atom. The van der Waals surface area contributed by atoms with Crippen LogP contribution in [-0.4, -0.2) is 85.2 Å². The molecular weight excluding hydrogens is 1510 g/mol. The summed E-state index contributed by atoms with van der Waals surface area (Å²) >= 11 is -2.17. The van der Waals surface area contributed by atoms with Gasteiger partial charge in [-0.2, -0.15) is 59.4 Å². The van der Waals surface area contributed by atoms with Crippen molar-refractivity contribution in [3.63, 3.8) is 0 Å². The molecule has 0 unspecified atom stereocenters. The number of alkyl halides is 12. The first-order valence-electron chi connectivity index (χ1n) is 33.8. The van der Waals surface area contributed by atoms with E-state index in [0.29, 0.717) is 11.8 Å². The van der Waals surface area contributed by atoms with E-state index in [2.05, 4.69) is 177 Å². The van der Waals surface area contributed by atoms with Gasteiger partial charge in [-0.1, -0.05) is 54.7 Å². The van der Waals surface area contributed by atoms with Crippen molar-refractivity contribution in [2.75, 3.05) is 22.9 Å². The maximum atomic E-state index is 11.4. The number of aryl methyl sites for hydroxylation is 6. The molecule has 3 saturated carbocycles. The van der Waals surface area contributed by atoms with Crippen LogP contribution in [0.2, 0.25) is 0 Å². The van der Waals surface area contributed by atoms with Gasteiger partial charge in [0.2, 0.25) is 0 Å². The van der Waals surface area contributed by atoms with Crippen molar-refractivity contribution in [1.29, 1.82) is 0 Å². The van der Waals surface area contributed by atoms with Crippen molar-refractivity contribution in [3.05, 3.63) is 165 Å². The molecule has 4 aliphatic rings. The Kier molecular flexibility index (Phi) is 34.6. The zero-order chi connectivity index (χ0) is 73.8. The van der Waals surface area contributed by atoms with Crippen LogP contribution in [0.3, 0.4) is 0 Å². The Morgan fingerprint density at radius 2 is 0.816 bits per heavy atom. The molecule has 5 nitrogen and oxygen atoms in total. The molecule has 3 aliphatic carbocycles. The average molecular weight is 1620 g/mol. The summed E-state index contributed by atoms with van der Waals surface area (Å²) in [5.41, 5.74) is 11.9. The molecule has 2 N–H and O–H groups in total. The van der Waals surface area contributed by atoms with Gasteiger partial charge in [0.1, 0.15) is 0 Å². The van der Waals surface area contributed by atoms with E-state index in [1.54, 1.807) is 96.3 Å². The minimum atomic E-state index is -5.69. The van der Waals surface area contributed by atoms with Crippen molar-refractivity contribution in [1.82, 2.24) is 0 Å². The fraction of sp³-hybridized carbons (Fsp3) is 0.566. The second-order valence-corrected chi connectivity index (χ2v) is 38.6. The van der Waals surface area contributed by atoms with Crippen molar-refractivity contribution in [2.45, 2.75) is 263 Å². The number of hydrogen-bond donors (Lipinski definition) is 2. The molecule has 9 rings (SSSR count). The number of nitrogens with zero attached hydrogens (tertiary/aromatic N) is 3.